The molecular formula is C7H13F2NO. The molecule has 2 nitrogen and oxygen atoms in total. The van der Waals surface area contributed by atoms with Gasteiger partial charge in [-0.05, 0) is 13.8 Å². The summed E-state index contributed by atoms with van der Waals surface area (Å²) in [5.74, 6) is -2.77. The van der Waals surface area contributed by atoms with Crippen LogP contribution in [-0.2, 0) is 4.74 Å². The van der Waals surface area contributed by atoms with Gasteiger partial charge in [0.05, 0.1) is 13.2 Å². The molecule has 0 aromatic rings. The molecule has 66 valence electrons. The Morgan fingerprint density at radius 3 is 2.64 bits per heavy atom. The summed E-state index contributed by atoms with van der Waals surface area (Å²) >= 11 is 0. The van der Waals surface area contributed by atoms with E-state index in [1.165, 1.54) is 13.8 Å². The van der Waals surface area contributed by atoms with Crippen LogP contribution in [0.4, 0.5) is 8.78 Å². The van der Waals surface area contributed by atoms with Gasteiger partial charge in [0.1, 0.15) is 5.60 Å². The largest absolute Gasteiger partial charge is 0.368 e. The molecule has 1 aliphatic rings. The van der Waals surface area contributed by atoms with E-state index in [0.717, 1.165) is 0 Å². The molecule has 4 heteroatoms. The Labute approximate surface area is 64.9 Å². The van der Waals surface area contributed by atoms with E-state index >= 15 is 0 Å². The smallest absolute Gasteiger partial charge is 0.288 e. The fourth-order valence-corrected chi connectivity index (χ4v) is 0.942. The average Bonchev–Trinajstić information content (AvgIpc) is 1.94. The number of ether oxygens (including phenoxy) is 1. The maximum absolute atomic E-state index is 13.1. The van der Waals surface area contributed by atoms with Crippen LogP contribution >= 0.6 is 0 Å². The van der Waals surface area contributed by atoms with Gasteiger partial charge in [0.25, 0.3) is 5.92 Å². The summed E-state index contributed by atoms with van der Waals surface area (Å²) in [5.41, 5.74) is -1.34. The molecule has 1 rings (SSSR count). The van der Waals surface area contributed by atoms with Crippen LogP contribution in [0.15, 0.2) is 0 Å². The zero-order chi connectivity index (χ0) is 8.54. The first-order valence-corrected chi connectivity index (χ1v) is 3.68. The molecule has 0 aliphatic carbocycles. The predicted molar refractivity (Wildman–Crippen MR) is 37.8 cm³/mol. The molecule has 0 unspecified atom stereocenters. The highest BCUT2D eigenvalue weighted by molar-refractivity contribution is 4.90. The first-order chi connectivity index (χ1) is 4.96. The predicted octanol–water partition coefficient (Wildman–Crippen LogP) is 1.02. The number of rotatable bonds is 0. The Balaban J connectivity index is 2.72. The standard InChI is InChI=1S/C7H13F2NO/c1-6(2)7(8,9)5-10-3-4-11-6/h10H,3-5H2,1-2H3. The summed E-state index contributed by atoms with van der Waals surface area (Å²) in [4.78, 5) is 0. The van der Waals surface area contributed by atoms with Gasteiger partial charge >= 0.3 is 0 Å². The molecule has 0 saturated carbocycles. The number of halogens is 2. The highest BCUT2D eigenvalue weighted by Crippen LogP contribution is 2.31. The van der Waals surface area contributed by atoms with E-state index in [9.17, 15) is 8.78 Å². The van der Waals surface area contributed by atoms with E-state index in [2.05, 4.69) is 5.32 Å². The van der Waals surface area contributed by atoms with Gasteiger partial charge in [-0.3, -0.25) is 0 Å². The number of hydrogen-bond acceptors (Lipinski definition) is 2. The van der Waals surface area contributed by atoms with Crippen molar-refractivity contribution in [2.75, 3.05) is 19.7 Å². The van der Waals surface area contributed by atoms with Crippen LogP contribution in [0, 0.1) is 0 Å². The first kappa shape index (κ1) is 8.87. The summed E-state index contributed by atoms with van der Waals surface area (Å²) in [5, 5.41) is 2.62. The summed E-state index contributed by atoms with van der Waals surface area (Å²) in [6, 6.07) is 0. The highest BCUT2D eigenvalue weighted by atomic mass is 19.3. The quantitative estimate of drug-likeness (QED) is 0.578. The van der Waals surface area contributed by atoms with Crippen LogP contribution in [0.5, 0.6) is 0 Å². The average molecular weight is 165 g/mol. The van der Waals surface area contributed by atoms with Crippen LogP contribution in [0.3, 0.4) is 0 Å². The Kier molecular flexibility index (Phi) is 2.16. The number of nitrogens with one attached hydrogen (secondary N) is 1. The van der Waals surface area contributed by atoms with E-state index in [1.807, 2.05) is 0 Å². The third-order valence-electron chi connectivity index (χ3n) is 1.97. The molecule has 11 heavy (non-hydrogen) atoms. The van der Waals surface area contributed by atoms with E-state index in [4.69, 9.17) is 4.74 Å². The minimum atomic E-state index is -2.77. The summed E-state index contributed by atoms with van der Waals surface area (Å²) in [6.45, 7) is 3.39. The van der Waals surface area contributed by atoms with Crippen molar-refractivity contribution < 1.29 is 13.5 Å². The Bertz CT molecular complexity index is 131. The van der Waals surface area contributed by atoms with Gasteiger partial charge in [-0.25, -0.2) is 8.78 Å². The molecule has 1 N–H and O–H groups in total. The second-order valence-electron chi connectivity index (χ2n) is 3.24. The van der Waals surface area contributed by atoms with Gasteiger partial charge in [0, 0.05) is 6.54 Å². The summed E-state index contributed by atoms with van der Waals surface area (Å²) in [7, 11) is 0. The van der Waals surface area contributed by atoms with Crippen LogP contribution in [-0.4, -0.2) is 31.2 Å². The lowest BCUT2D eigenvalue weighted by Crippen LogP contribution is -2.48. The van der Waals surface area contributed by atoms with Gasteiger partial charge < -0.3 is 10.1 Å². The molecule has 0 radical (unpaired) electrons. The van der Waals surface area contributed by atoms with Crippen molar-refractivity contribution >= 4 is 0 Å². The Morgan fingerprint density at radius 1 is 1.36 bits per heavy atom. The zero-order valence-electron chi connectivity index (χ0n) is 6.79. The maximum Gasteiger partial charge on any atom is 0.288 e. The molecule has 0 amide bonds. The minimum Gasteiger partial charge on any atom is -0.368 e. The number of alkyl halides is 2. The highest BCUT2D eigenvalue weighted by Gasteiger charge is 2.48. The van der Waals surface area contributed by atoms with Crippen molar-refractivity contribution in [2.24, 2.45) is 0 Å². The number of hydrogen-bond donors (Lipinski definition) is 1. The molecule has 0 aromatic carbocycles. The lowest BCUT2D eigenvalue weighted by Gasteiger charge is -2.31. The maximum atomic E-state index is 13.1. The van der Waals surface area contributed by atoms with Gasteiger partial charge in [-0.1, -0.05) is 0 Å². The van der Waals surface area contributed by atoms with Crippen molar-refractivity contribution in [3.63, 3.8) is 0 Å². The SMILES string of the molecule is CC1(C)OCCNCC1(F)F. The minimum absolute atomic E-state index is 0.292. The second-order valence-corrected chi connectivity index (χ2v) is 3.24. The van der Waals surface area contributed by atoms with Gasteiger partial charge in [-0.2, -0.15) is 0 Å². The molecule has 0 aromatic heterocycles. The zero-order valence-corrected chi connectivity index (χ0v) is 6.79. The lowest BCUT2D eigenvalue weighted by molar-refractivity contribution is -0.175. The van der Waals surface area contributed by atoms with E-state index in [-0.39, 0.29) is 6.54 Å². The van der Waals surface area contributed by atoms with Crippen molar-refractivity contribution in [3.8, 4) is 0 Å². The molecule has 1 heterocycles. The van der Waals surface area contributed by atoms with Crippen LogP contribution in [0.25, 0.3) is 0 Å². The topological polar surface area (TPSA) is 21.3 Å². The van der Waals surface area contributed by atoms with Gasteiger partial charge in [0.2, 0.25) is 0 Å². The molecule has 1 aliphatic heterocycles. The van der Waals surface area contributed by atoms with Crippen LogP contribution in [0.2, 0.25) is 0 Å². The fourth-order valence-electron chi connectivity index (χ4n) is 0.942. The van der Waals surface area contributed by atoms with Crippen molar-refractivity contribution in [1.29, 1.82) is 0 Å². The van der Waals surface area contributed by atoms with Gasteiger partial charge in [0.15, 0.2) is 0 Å². The normalized spacial score (nSPS) is 29.5. The molecule has 0 spiro atoms. The third-order valence-corrected chi connectivity index (χ3v) is 1.97. The second kappa shape index (κ2) is 2.68. The fraction of sp³-hybridized carbons (Fsp3) is 1.00. The third kappa shape index (κ3) is 1.68. The molecular weight excluding hydrogens is 152 g/mol. The van der Waals surface area contributed by atoms with E-state index in [0.29, 0.717) is 13.2 Å². The molecule has 1 fully saturated rings. The monoisotopic (exact) mass is 165 g/mol. The van der Waals surface area contributed by atoms with Crippen LogP contribution in [0.1, 0.15) is 13.8 Å². The Hall–Kier alpha value is -0.220. The first-order valence-electron chi connectivity index (χ1n) is 3.68. The van der Waals surface area contributed by atoms with Crippen molar-refractivity contribution in [2.45, 2.75) is 25.4 Å². The molecule has 1 saturated heterocycles. The van der Waals surface area contributed by atoms with Crippen molar-refractivity contribution in [1.82, 2.24) is 5.32 Å². The van der Waals surface area contributed by atoms with Gasteiger partial charge in [-0.15, -0.1) is 0 Å². The molecule has 0 atom stereocenters. The van der Waals surface area contributed by atoms with Crippen molar-refractivity contribution in [3.05, 3.63) is 0 Å². The molecule has 0 bridgehead atoms. The van der Waals surface area contributed by atoms with E-state index < -0.39 is 11.5 Å². The van der Waals surface area contributed by atoms with E-state index in [1.54, 1.807) is 0 Å². The summed E-state index contributed by atoms with van der Waals surface area (Å²) in [6.07, 6.45) is 0. The summed E-state index contributed by atoms with van der Waals surface area (Å²) < 4.78 is 31.1. The lowest BCUT2D eigenvalue weighted by atomic mass is 10.0. The van der Waals surface area contributed by atoms with Crippen LogP contribution < -0.4 is 5.32 Å². The Morgan fingerprint density at radius 2 is 2.00 bits per heavy atom.